The van der Waals surface area contributed by atoms with Gasteiger partial charge in [0.15, 0.2) is 0 Å². The lowest BCUT2D eigenvalue weighted by Crippen LogP contribution is -2.28. The van der Waals surface area contributed by atoms with Crippen LogP contribution in [-0.4, -0.2) is 24.0 Å². The summed E-state index contributed by atoms with van der Waals surface area (Å²) in [6.07, 6.45) is 10.7. The number of pyridine rings is 1. The van der Waals surface area contributed by atoms with E-state index in [1.54, 1.807) is 6.20 Å². The van der Waals surface area contributed by atoms with Gasteiger partial charge in [0.2, 0.25) is 5.91 Å². The Hall–Kier alpha value is -1.68. The quantitative estimate of drug-likeness (QED) is 0.571. The van der Waals surface area contributed by atoms with E-state index in [9.17, 15) is 4.79 Å². The van der Waals surface area contributed by atoms with Crippen molar-refractivity contribution in [2.75, 3.05) is 13.1 Å². The van der Waals surface area contributed by atoms with Gasteiger partial charge in [-0.05, 0) is 44.2 Å². The Bertz CT molecular complexity index is 456. The Balaban J connectivity index is 1.50. The lowest BCUT2D eigenvalue weighted by molar-refractivity contribution is -0.120. The molecule has 4 nitrogen and oxygen atoms in total. The van der Waals surface area contributed by atoms with Crippen molar-refractivity contribution in [3.8, 4) is 0 Å². The highest BCUT2D eigenvalue weighted by atomic mass is 16.1. The number of aromatic nitrogens is 1. The number of hydrogen-bond acceptors (Lipinski definition) is 3. The van der Waals surface area contributed by atoms with Crippen LogP contribution in [0.25, 0.3) is 0 Å². The lowest BCUT2D eigenvalue weighted by Gasteiger charge is -2.13. The third-order valence-corrected chi connectivity index (χ3v) is 3.71. The monoisotopic (exact) mass is 287 g/mol. The normalized spacial score (nSPS) is 14.6. The minimum absolute atomic E-state index is 0.125. The number of rotatable bonds is 8. The van der Waals surface area contributed by atoms with Crippen LogP contribution in [0, 0.1) is 0 Å². The fourth-order valence-corrected chi connectivity index (χ4v) is 2.50. The maximum atomic E-state index is 11.7. The zero-order valence-corrected chi connectivity index (χ0v) is 12.6. The first-order chi connectivity index (χ1) is 10.3. The van der Waals surface area contributed by atoms with Crippen LogP contribution in [0.15, 0.2) is 36.0 Å². The molecule has 1 aliphatic carbocycles. The molecule has 0 saturated heterocycles. The maximum Gasteiger partial charge on any atom is 0.221 e. The summed E-state index contributed by atoms with van der Waals surface area (Å²) < 4.78 is 0. The number of nitrogens with one attached hydrogen (secondary N) is 2. The highest BCUT2D eigenvalue weighted by Crippen LogP contribution is 2.19. The second-order valence-corrected chi connectivity index (χ2v) is 5.46. The fourth-order valence-electron chi connectivity index (χ4n) is 2.50. The largest absolute Gasteiger partial charge is 0.356 e. The van der Waals surface area contributed by atoms with Gasteiger partial charge in [-0.1, -0.05) is 17.7 Å². The first-order valence-electron chi connectivity index (χ1n) is 7.90. The highest BCUT2D eigenvalue weighted by Gasteiger charge is 2.05. The first kappa shape index (κ1) is 15.7. The number of carbonyl (C=O) groups is 1. The van der Waals surface area contributed by atoms with Crippen molar-refractivity contribution < 1.29 is 4.79 Å². The van der Waals surface area contributed by atoms with E-state index in [0.29, 0.717) is 19.5 Å². The van der Waals surface area contributed by atoms with Crippen molar-refractivity contribution in [1.82, 2.24) is 15.6 Å². The minimum atomic E-state index is 0.125. The molecule has 0 atom stereocenters. The van der Waals surface area contributed by atoms with Crippen molar-refractivity contribution in [2.45, 2.75) is 45.1 Å². The summed E-state index contributed by atoms with van der Waals surface area (Å²) >= 11 is 0. The average Bonchev–Trinajstić information content (AvgIpc) is 2.54. The number of nitrogens with zero attached hydrogens (tertiary/aromatic N) is 1. The van der Waals surface area contributed by atoms with Crippen LogP contribution in [0.5, 0.6) is 0 Å². The molecule has 0 unspecified atom stereocenters. The first-order valence-corrected chi connectivity index (χ1v) is 7.90. The van der Waals surface area contributed by atoms with Gasteiger partial charge in [-0.3, -0.25) is 9.78 Å². The van der Waals surface area contributed by atoms with Gasteiger partial charge in [0.05, 0.1) is 5.69 Å². The molecule has 0 bridgehead atoms. The van der Waals surface area contributed by atoms with Gasteiger partial charge in [0.1, 0.15) is 0 Å². The molecule has 2 N–H and O–H groups in total. The van der Waals surface area contributed by atoms with Crippen molar-refractivity contribution in [3.05, 3.63) is 41.7 Å². The summed E-state index contributed by atoms with van der Waals surface area (Å²) in [5, 5.41) is 6.23. The number of hydrogen-bond donors (Lipinski definition) is 2. The molecule has 0 saturated carbocycles. The van der Waals surface area contributed by atoms with E-state index in [1.165, 1.54) is 31.3 Å². The molecule has 0 spiro atoms. The number of carbonyl (C=O) groups excluding carboxylic acids is 1. The predicted octanol–water partition coefficient (Wildman–Crippen LogP) is 2.57. The van der Waals surface area contributed by atoms with E-state index in [0.717, 1.165) is 18.7 Å². The molecule has 1 aromatic heterocycles. The molecule has 21 heavy (non-hydrogen) atoms. The Morgan fingerprint density at radius 2 is 2.19 bits per heavy atom. The van der Waals surface area contributed by atoms with Crippen LogP contribution >= 0.6 is 0 Å². The molecule has 0 aromatic carbocycles. The summed E-state index contributed by atoms with van der Waals surface area (Å²) in [7, 11) is 0. The van der Waals surface area contributed by atoms with Crippen LogP contribution in [-0.2, 0) is 11.3 Å². The SMILES string of the molecule is O=C(CCNCc1ccccn1)NCCC1=CCCCC1. The van der Waals surface area contributed by atoms with Crippen molar-refractivity contribution in [1.29, 1.82) is 0 Å². The van der Waals surface area contributed by atoms with E-state index in [4.69, 9.17) is 0 Å². The molecule has 1 aromatic rings. The van der Waals surface area contributed by atoms with Crippen molar-refractivity contribution in [3.63, 3.8) is 0 Å². The van der Waals surface area contributed by atoms with E-state index < -0.39 is 0 Å². The van der Waals surface area contributed by atoms with E-state index in [-0.39, 0.29) is 5.91 Å². The molecule has 0 aliphatic heterocycles. The number of allylic oxidation sites excluding steroid dienone is 1. The Morgan fingerprint density at radius 3 is 2.95 bits per heavy atom. The summed E-state index contributed by atoms with van der Waals surface area (Å²) in [5.74, 6) is 0.125. The molecule has 1 heterocycles. The van der Waals surface area contributed by atoms with Crippen LogP contribution in [0.1, 0.15) is 44.2 Å². The van der Waals surface area contributed by atoms with Crippen molar-refractivity contribution in [2.24, 2.45) is 0 Å². The Kier molecular flexibility index (Phi) is 6.95. The highest BCUT2D eigenvalue weighted by molar-refractivity contribution is 5.76. The molecule has 0 radical (unpaired) electrons. The summed E-state index contributed by atoms with van der Waals surface area (Å²) in [5.41, 5.74) is 2.51. The molecular formula is C17H25N3O. The second kappa shape index (κ2) is 9.29. The molecule has 4 heteroatoms. The Morgan fingerprint density at radius 1 is 1.24 bits per heavy atom. The van der Waals surface area contributed by atoms with Crippen LogP contribution in [0.4, 0.5) is 0 Å². The summed E-state index contributed by atoms with van der Waals surface area (Å²) in [6, 6.07) is 5.85. The zero-order chi connectivity index (χ0) is 14.8. The standard InChI is InChI=1S/C17H25N3O/c21-17(20-13-9-15-6-2-1-3-7-15)10-12-18-14-16-8-4-5-11-19-16/h4-6,8,11,18H,1-3,7,9-10,12-14H2,(H,20,21). The third-order valence-electron chi connectivity index (χ3n) is 3.71. The fraction of sp³-hybridized carbons (Fsp3) is 0.529. The topological polar surface area (TPSA) is 54.0 Å². The van der Waals surface area contributed by atoms with Gasteiger partial charge >= 0.3 is 0 Å². The van der Waals surface area contributed by atoms with Crippen LogP contribution in [0.3, 0.4) is 0 Å². The molecule has 114 valence electrons. The molecule has 0 fully saturated rings. The van der Waals surface area contributed by atoms with Gasteiger partial charge in [-0.15, -0.1) is 0 Å². The van der Waals surface area contributed by atoms with Crippen molar-refractivity contribution >= 4 is 5.91 Å². The third kappa shape index (κ3) is 6.54. The van der Waals surface area contributed by atoms with Crippen LogP contribution < -0.4 is 10.6 Å². The summed E-state index contributed by atoms with van der Waals surface area (Å²) in [4.78, 5) is 15.9. The van der Waals surface area contributed by atoms with Gasteiger partial charge in [-0.2, -0.15) is 0 Å². The second-order valence-electron chi connectivity index (χ2n) is 5.46. The average molecular weight is 287 g/mol. The minimum Gasteiger partial charge on any atom is -0.356 e. The smallest absolute Gasteiger partial charge is 0.221 e. The maximum absolute atomic E-state index is 11.7. The van der Waals surface area contributed by atoms with E-state index in [2.05, 4.69) is 21.7 Å². The molecular weight excluding hydrogens is 262 g/mol. The zero-order valence-electron chi connectivity index (χ0n) is 12.6. The number of amides is 1. The lowest BCUT2D eigenvalue weighted by atomic mass is 9.97. The van der Waals surface area contributed by atoms with E-state index >= 15 is 0 Å². The molecule has 1 amide bonds. The van der Waals surface area contributed by atoms with Gasteiger partial charge in [-0.25, -0.2) is 0 Å². The van der Waals surface area contributed by atoms with Gasteiger partial charge in [0, 0.05) is 32.3 Å². The molecule has 2 rings (SSSR count). The van der Waals surface area contributed by atoms with Gasteiger partial charge in [0.25, 0.3) is 0 Å². The van der Waals surface area contributed by atoms with Crippen LogP contribution in [0.2, 0.25) is 0 Å². The predicted molar refractivity (Wildman–Crippen MR) is 84.7 cm³/mol. The molecule has 1 aliphatic rings. The Labute approximate surface area is 127 Å². The van der Waals surface area contributed by atoms with E-state index in [1.807, 2.05) is 18.2 Å². The van der Waals surface area contributed by atoms with Gasteiger partial charge < -0.3 is 10.6 Å². The summed E-state index contributed by atoms with van der Waals surface area (Å²) in [6.45, 7) is 2.16.